The molecule has 0 aromatic heterocycles. The molecule has 0 amide bonds. The maximum Gasteiger partial charge on any atom is 0.0462 e. The smallest absolute Gasteiger partial charge is 0.0462 e. The second-order valence-electron chi connectivity index (χ2n) is 13.0. The molecule has 0 spiro atoms. The summed E-state index contributed by atoms with van der Waals surface area (Å²) in [6.07, 6.45) is 2.34. The van der Waals surface area contributed by atoms with E-state index in [9.17, 15) is 0 Å². The molecule has 0 aliphatic heterocycles. The van der Waals surface area contributed by atoms with E-state index < -0.39 is 0 Å². The fourth-order valence-corrected chi connectivity index (χ4v) is 7.37. The molecule has 0 saturated carbocycles. The Hall–Kier alpha value is -6.70. The van der Waals surface area contributed by atoms with Crippen molar-refractivity contribution in [2.75, 3.05) is 4.90 Å². The highest BCUT2D eigenvalue weighted by molar-refractivity contribution is 6.10. The SMILES string of the molecule is C(=C1\c2ccccc2-c2cccc(-c3ccc(N(c4ccc(-c5ccccc5)cc4)c4ccc(-c5ccccc5)cc4)cc3)c21)/c1ccccc1. The third-order valence-corrected chi connectivity index (χ3v) is 9.85. The average molecular weight is 650 g/mol. The van der Waals surface area contributed by atoms with Crippen LogP contribution in [0.4, 0.5) is 17.1 Å². The second-order valence-corrected chi connectivity index (χ2v) is 13.0. The lowest BCUT2D eigenvalue weighted by Gasteiger charge is -2.26. The fourth-order valence-electron chi connectivity index (χ4n) is 7.37. The monoisotopic (exact) mass is 649 g/mol. The van der Waals surface area contributed by atoms with Crippen LogP contribution in [0.2, 0.25) is 0 Å². The lowest BCUT2D eigenvalue weighted by atomic mass is 9.92. The van der Waals surface area contributed by atoms with E-state index in [0.29, 0.717) is 0 Å². The molecule has 8 aromatic carbocycles. The Morgan fingerprint density at radius 2 is 0.667 bits per heavy atom. The molecule has 0 unspecified atom stereocenters. The van der Waals surface area contributed by atoms with E-state index in [4.69, 9.17) is 0 Å². The van der Waals surface area contributed by atoms with Gasteiger partial charge in [0, 0.05) is 17.1 Å². The molecule has 0 radical (unpaired) electrons. The first kappa shape index (κ1) is 30.4. The molecule has 1 heteroatoms. The average Bonchev–Trinajstić information content (AvgIpc) is 3.53. The molecule has 1 nitrogen and oxygen atoms in total. The van der Waals surface area contributed by atoms with Gasteiger partial charge in [0.15, 0.2) is 0 Å². The third-order valence-electron chi connectivity index (χ3n) is 9.85. The molecule has 0 saturated heterocycles. The summed E-state index contributed by atoms with van der Waals surface area (Å²) in [6.45, 7) is 0. The van der Waals surface area contributed by atoms with Crippen LogP contribution in [0.25, 0.3) is 56.2 Å². The van der Waals surface area contributed by atoms with Crippen molar-refractivity contribution in [1.82, 2.24) is 0 Å². The Balaban J connectivity index is 1.12. The predicted octanol–water partition coefficient (Wildman–Crippen LogP) is 13.7. The summed E-state index contributed by atoms with van der Waals surface area (Å²) in [4.78, 5) is 2.35. The molecular weight excluding hydrogens is 615 g/mol. The summed E-state index contributed by atoms with van der Waals surface area (Å²) in [6, 6.07) is 74.1. The largest absolute Gasteiger partial charge is 0.311 e. The van der Waals surface area contributed by atoms with E-state index in [0.717, 1.165) is 17.1 Å². The van der Waals surface area contributed by atoms with Crippen LogP contribution in [0.5, 0.6) is 0 Å². The molecule has 0 N–H and O–H groups in total. The van der Waals surface area contributed by atoms with E-state index in [1.165, 1.54) is 66.8 Å². The van der Waals surface area contributed by atoms with Gasteiger partial charge in [-0.05, 0) is 109 Å². The van der Waals surface area contributed by atoms with Crippen LogP contribution in [0.1, 0.15) is 16.7 Å². The topological polar surface area (TPSA) is 3.24 Å². The number of rotatable bonds is 7. The summed E-state index contributed by atoms with van der Waals surface area (Å²) in [7, 11) is 0. The van der Waals surface area contributed by atoms with Gasteiger partial charge in [0.2, 0.25) is 0 Å². The zero-order valence-corrected chi connectivity index (χ0v) is 28.2. The molecular formula is C50H35N. The lowest BCUT2D eigenvalue weighted by molar-refractivity contribution is 1.28. The summed E-state index contributed by atoms with van der Waals surface area (Å²) >= 11 is 0. The Labute approximate surface area is 300 Å². The normalized spacial score (nSPS) is 12.4. The standard InChI is InChI=1S/C50H35N/c1-4-13-36(14-5-1)35-49-47-20-11-10-19-46(47)48-22-12-21-45(50(48)49)41-27-33-44(34-28-41)51(42-29-23-39(24-30-42)37-15-6-2-7-16-37)43-31-25-40(26-32-43)38-17-8-3-9-18-38/h1-35H/b49-35-. The van der Waals surface area contributed by atoms with Crippen molar-refractivity contribution < 1.29 is 0 Å². The maximum atomic E-state index is 2.35. The van der Waals surface area contributed by atoms with Crippen molar-refractivity contribution in [3.05, 3.63) is 223 Å². The summed E-state index contributed by atoms with van der Waals surface area (Å²) in [5, 5.41) is 0. The third kappa shape index (κ3) is 5.86. The van der Waals surface area contributed by atoms with Gasteiger partial charge in [0.25, 0.3) is 0 Å². The fraction of sp³-hybridized carbons (Fsp3) is 0. The van der Waals surface area contributed by atoms with Crippen LogP contribution in [-0.2, 0) is 0 Å². The first-order valence-electron chi connectivity index (χ1n) is 17.5. The van der Waals surface area contributed by atoms with Crippen LogP contribution in [0, 0.1) is 0 Å². The van der Waals surface area contributed by atoms with E-state index in [1.807, 2.05) is 0 Å². The lowest BCUT2D eigenvalue weighted by Crippen LogP contribution is -2.09. The van der Waals surface area contributed by atoms with Gasteiger partial charge < -0.3 is 4.90 Å². The van der Waals surface area contributed by atoms with E-state index >= 15 is 0 Å². The Kier molecular flexibility index (Phi) is 7.92. The predicted molar refractivity (Wildman–Crippen MR) is 216 cm³/mol. The maximum absolute atomic E-state index is 2.35. The van der Waals surface area contributed by atoms with Crippen molar-refractivity contribution >= 4 is 28.7 Å². The molecule has 51 heavy (non-hydrogen) atoms. The Morgan fingerprint density at radius 1 is 0.275 bits per heavy atom. The van der Waals surface area contributed by atoms with Crippen LogP contribution in [0.3, 0.4) is 0 Å². The van der Waals surface area contributed by atoms with Crippen LogP contribution in [0.15, 0.2) is 206 Å². The van der Waals surface area contributed by atoms with Gasteiger partial charge >= 0.3 is 0 Å². The zero-order chi connectivity index (χ0) is 34.0. The Morgan fingerprint density at radius 3 is 1.20 bits per heavy atom. The number of nitrogens with zero attached hydrogens (tertiary/aromatic N) is 1. The molecule has 240 valence electrons. The van der Waals surface area contributed by atoms with Gasteiger partial charge in [-0.15, -0.1) is 0 Å². The van der Waals surface area contributed by atoms with Crippen LogP contribution >= 0.6 is 0 Å². The van der Waals surface area contributed by atoms with Crippen molar-refractivity contribution in [2.24, 2.45) is 0 Å². The minimum absolute atomic E-state index is 1.11. The molecule has 0 fully saturated rings. The molecule has 8 aromatic rings. The van der Waals surface area contributed by atoms with Gasteiger partial charge in [0.1, 0.15) is 0 Å². The number of anilines is 3. The molecule has 1 aliphatic rings. The molecule has 0 bridgehead atoms. The van der Waals surface area contributed by atoms with Gasteiger partial charge in [-0.25, -0.2) is 0 Å². The van der Waals surface area contributed by atoms with E-state index in [2.05, 4.69) is 217 Å². The highest BCUT2D eigenvalue weighted by atomic mass is 15.1. The van der Waals surface area contributed by atoms with Crippen LogP contribution in [-0.4, -0.2) is 0 Å². The summed E-state index contributed by atoms with van der Waals surface area (Å²) in [5.41, 5.74) is 18.2. The molecule has 0 heterocycles. The Bertz CT molecular complexity index is 2380. The number of benzene rings is 8. The first-order chi connectivity index (χ1) is 25.3. The first-order valence-corrected chi connectivity index (χ1v) is 17.5. The highest BCUT2D eigenvalue weighted by Gasteiger charge is 2.26. The van der Waals surface area contributed by atoms with Gasteiger partial charge in [0.05, 0.1) is 0 Å². The van der Waals surface area contributed by atoms with Crippen molar-refractivity contribution in [1.29, 1.82) is 0 Å². The zero-order valence-electron chi connectivity index (χ0n) is 28.2. The van der Waals surface area contributed by atoms with Gasteiger partial charge in [-0.1, -0.05) is 170 Å². The summed E-state index contributed by atoms with van der Waals surface area (Å²) < 4.78 is 0. The molecule has 0 atom stereocenters. The highest BCUT2D eigenvalue weighted by Crippen LogP contribution is 2.49. The van der Waals surface area contributed by atoms with Gasteiger partial charge in [-0.3, -0.25) is 0 Å². The van der Waals surface area contributed by atoms with E-state index in [1.54, 1.807) is 0 Å². The number of hydrogen-bond donors (Lipinski definition) is 0. The van der Waals surface area contributed by atoms with Crippen molar-refractivity contribution in [2.45, 2.75) is 0 Å². The molecule has 9 rings (SSSR count). The number of fused-ring (bicyclic) bond motifs is 3. The minimum atomic E-state index is 1.11. The van der Waals surface area contributed by atoms with Crippen LogP contribution < -0.4 is 4.90 Å². The summed E-state index contributed by atoms with van der Waals surface area (Å²) in [5.74, 6) is 0. The quantitative estimate of drug-likeness (QED) is 0.166. The van der Waals surface area contributed by atoms with E-state index in [-0.39, 0.29) is 0 Å². The second kappa shape index (κ2) is 13.3. The minimum Gasteiger partial charge on any atom is -0.311 e. The molecule has 1 aliphatic carbocycles. The van der Waals surface area contributed by atoms with Gasteiger partial charge in [-0.2, -0.15) is 0 Å². The number of hydrogen-bond acceptors (Lipinski definition) is 1. The van der Waals surface area contributed by atoms with Crippen molar-refractivity contribution in [3.8, 4) is 44.5 Å². The van der Waals surface area contributed by atoms with Crippen molar-refractivity contribution in [3.63, 3.8) is 0 Å².